The van der Waals surface area contributed by atoms with Crippen molar-refractivity contribution in [1.29, 1.82) is 0 Å². The van der Waals surface area contributed by atoms with Crippen molar-refractivity contribution < 1.29 is 19.4 Å². The number of halogens is 1. The lowest BCUT2D eigenvalue weighted by atomic mass is 9.56. The molecule has 1 N–H and O–H groups in total. The third-order valence-electron chi connectivity index (χ3n) is 11.3. The Hall–Kier alpha value is -5.66. The Balaban J connectivity index is 1.21. The van der Waals surface area contributed by atoms with Crippen LogP contribution in [0.4, 0.5) is 5.82 Å². The van der Waals surface area contributed by atoms with Crippen molar-refractivity contribution in [1.82, 2.24) is 23.7 Å². The molecule has 9 rings (SSSR count). The summed E-state index contributed by atoms with van der Waals surface area (Å²) in [5, 5.41) is 16.8. The minimum atomic E-state index is -1.34. The zero-order chi connectivity index (χ0) is 37.1. The smallest absolute Gasteiger partial charge is 0.352 e. The molecular formula is C39H33ClN6O6S. The first kappa shape index (κ1) is 33.2. The fourth-order valence-corrected chi connectivity index (χ4v) is 10.1. The molecule has 1 aliphatic carbocycles. The van der Waals surface area contributed by atoms with Gasteiger partial charge in [-0.25, -0.2) is 28.4 Å². The van der Waals surface area contributed by atoms with Gasteiger partial charge >= 0.3 is 11.4 Å². The predicted molar refractivity (Wildman–Crippen MR) is 201 cm³/mol. The van der Waals surface area contributed by atoms with Gasteiger partial charge in [-0.1, -0.05) is 41.9 Å². The van der Waals surface area contributed by atoms with Gasteiger partial charge in [0.05, 0.1) is 41.6 Å². The van der Waals surface area contributed by atoms with Crippen LogP contribution in [-0.4, -0.2) is 47.7 Å². The summed E-state index contributed by atoms with van der Waals surface area (Å²) in [6, 6.07) is 20.1. The van der Waals surface area contributed by atoms with Crippen molar-refractivity contribution in [2.75, 3.05) is 12.0 Å². The van der Waals surface area contributed by atoms with Crippen molar-refractivity contribution in [3.63, 3.8) is 0 Å². The van der Waals surface area contributed by atoms with Gasteiger partial charge in [0, 0.05) is 40.4 Å². The number of nitrogens with zero attached hydrogens (tertiary/aromatic N) is 6. The highest BCUT2D eigenvalue weighted by atomic mass is 35.5. The van der Waals surface area contributed by atoms with Crippen LogP contribution in [0.3, 0.4) is 0 Å². The number of benzene rings is 3. The number of aromatic nitrogens is 5. The maximum Gasteiger partial charge on any atom is 0.352 e. The van der Waals surface area contributed by atoms with Crippen LogP contribution >= 0.6 is 22.9 Å². The van der Waals surface area contributed by atoms with Gasteiger partial charge in [0.1, 0.15) is 23.0 Å². The molecule has 0 unspecified atom stereocenters. The number of carbonyl (C=O) groups is 2. The number of anilines is 1. The van der Waals surface area contributed by atoms with Crippen LogP contribution in [0.1, 0.15) is 36.4 Å². The Morgan fingerprint density at radius 3 is 2.53 bits per heavy atom. The number of phenols is 1. The second-order valence-corrected chi connectivity index (χ2v) is 15.5. The molecule has 2 amide bonds. The SMILES string of the molecule is COc1cc(O)ccc1[C@H]1C2=CCn3c(=O)n(-c4ccccc4)c(=O)n3[C@@H]2C[C@H]2C(=O)N(c3cc(-c4sc5ccc(Cl)cc5c4C)nn3C)C(=O)[C@@]12C. The van der Waals surface area contributed by atoms with Gasteiger partial charge in [0.25, 0.3) is 0 Å². The molecular weight excluding hydrogens is 716 g/mol. The van der Waals surface area contributed by atoms with E-state index in [1.54, 1.807) is 72.5 Å². The van der Waals surface area contributed by atoms with Gasteiger partial charge < -0.3 is 9.84 Å². The van der Waals surface area contributed by atoms with E-state index in [0.29, 0.717) is 39.1 Å². The summed E-state index contributed by atoms with van der Waals surface area (Å²) >= 11 is 7.87. The number of fused-ring (bicyclic) bond motifs is 5. The number of ether oxygens (including phenoxy) is 1. The van der Waals surface area contributed by atoms with Crippen molar-refractivity contribution in [2.24, 2.45) is 18.4 Å². The van der Waals surface area contributed by atoms with Crippen molar-refractivity contribution >= 4 is 50.7 Å². The lowest BCUT2D eigenvalue weighted by Gasteiger charge is -2.47. The van der Waals surface area contributed by atoms with Crippen LogP contribution in [0.25, 0.3) is 26.3 Å². The van der Waals surface area contributed by atoms with Crippen LogP contribution < -0.4 is 21.0 Å². The van der Waals surface area contributed by atoms with Crippen LogP contribution in [-0.2, 0) is 23.2 Å². The van der Waals surface area contributed by atoms with E-state index in [0.717, 1.165) is 25.1 Å². The van der Waals surface area contributed by atoms with E-state index in [9.17, 15) is 19.5 Å². The van der Waals surface area contributed by atoms with Crippen LogP contribution in [0.2, 0.25) is 5.02 Å². The molecule has 12 nitrogen and oxygen atoms in total. The number of aryl methyl sites for hydroxylation is 2. The number of carbonyl (C=O) groups excluding carboxylic acids is 2. The summed E-state index contributed by atoms with van der Waals surface area (Å²) in [5.74, 6) is -1.89. The molecule has 53 heavy (non-hydrogen) atoms. The summed E-state index contributed by atoms with van der Waals surface area (Å²) in [4.78, 5) is 60.1. The Kier molecular flexibility index (Phi) is 7.31. The summed E-state index contributed by atoms with van der Waals surface area (Å²) in [6.07, 6.45) is 1.98. The molecule has 2 aliphatic heterocycles. The highest BCUT2D eigenvalue weighted by Crippen LogP contribution is 2.62. The number of hydrogen-bond donors (Lipinski definition) is 1. The average Bonchev–Trinajstić information content (AvgIpc) is 3.82. The number of thiophene rings is 1. The van der Waals surface area contributed by atoms with Gasteiger partial charge in [0.15, 0.2) is 0 Å². The normalized spacial score (nSPS) is 22.2. The van der Waals surface area contributed by atoms with Crippen molar-refractivity contribution in [2.45, 2.75) is 38.8 Å². The first-order valence-corrected chi connectivity index (χ1v) is 18.3. The maximum absolute atomic E-state index is 15.1. The number of aromatic hydroxyl groups is 1. The summed E-state index contributed by atoms with van der Waals surface area (Å²) < 4.78 is 12.3. The number of hydrogen-bond acceptors (Lipinski definition) is 8. The van der Waals surface area contributed by atoms with Gasteiger partial charge in [0.2, 0.25) is 11.8 Å². The zero-order valence-electron chi connectivity index (χ0n) is 29.1. The molecule has 1 saturated carbocycles. The third kappa shape index (κ3) is 4.56. The predicted octanol–water partition coefficient (Wildman–Crippen LogP) is 5.96. The molecule has 14 heteroatoms. The van der Waals surface area contributed by atoms with Crippen molar-refractivity contribution in [3.05, 3.63) is 122 Å². The topological polar surface area (TPSA) is 134 Å². The number of phenolic OH excluding ortho intramolecular Hbond substituents is 1. The van der Waals surface area contributed by atoms with E-state index in [4.69, 9.17) is 21.4 Å². The molecule has 5 heterocycles. The summed E-state index contributed by atoms with van der Waals surface area (Å²) in [5.41, 5.74) is 0.948. The fraction of sp³-hybridized carbons (Fsp3) is 0.256. The molecule has 4 atom stereocenters. The number of para-hydroxylation sites is 1. The van der Waals surface area contributed by atoms with Crippen LogP contribution in [0.15, 0.2) is 94.0 Å². The highest BCUT2D eigenvalue weighted by Gasteiger charge is 2.66. The van der Waals surface area contributed by atoms with Gasteiger partial charge in [-0.2, -0.15) is 5.10 Å². The lowest BCUT2D eigenvalue weighted by Crippen LogP contribution is -2.49. The Morgan fingerprint density at radius 2 is 1.77 bits per heavy atom. The summed E-state index contributed by atoms with van der Waals surface area (Å²) in [7, 11) is 3.18. The fourth-order valence-electron chi connectivity index (χ4n) is 8.79. The molecule has 2 fully saturated rings. The Morgan fingerprint density at radius 1 is 1.00 bits per heavy atom. The first-order valence-electron chi connectivity index (χ1n) is 17.1. The van der Waals surface area contributed by atoms with Gasteiger partial charge in [-0.15, -0.1) is 11.3 Å². The molecule has 0 spiro atoms. The second kappa shape index (κ2) is 11.7. The number of rotatable bonds is 5. The standard InChI is InChI=1S/C39H33ClN6O6S/c1-20-26-16-21(40)10-13-31(26)53-34(20)28-19-32(42(3)41-28)45-35(48)27-18-29-24(33(39(27,2)36(45)49)25-12-11-23(47)17-30(25)52-4)14-15-43-37(50)44(38(51)46(29)43)22-8-6-5-7-9-22/h5-14,16-17,19,27,29,33,47H,15,18H2,1-4H3/t27-,29+,33+,39+/m0/s1. The molecule has 3 aromatic heterocycles. The molecule has 268 valence electrons. The number of amides is 2. The van der Waals surface area contributed by atoms with Crippen LogP contribution in [0.5, 0.6) is 11.5 Å². The Bertz CT molecular complexity index is 2700. The lowest BCUT2D eigenvalue weighted by molar-refractivity contribution is -0.129. The zero-order valence-corrected chi connectivity index (χ0v) is 30.7. The van der Waals surface area contributed by atoms with Gasteiger partial charge in [-0.05, 0) is 73.2 Å². The number of imide groups is 1. The Labute approximate surface area is 311 Å². The quantitative estimate of drug-likeness (QED) is 0.170. The van der Waals surface area contributed by atoms with E-state index in [2.05, 4.69) is 0 Å². The van der Waals surface area contributed by atoms with E-state index in [-0.39, 0.29) is 18.7 Å². The van der Waals surface area contributed by atoms with Gasteiger partial charge in [-0.3, -0.25) is 14.3 Å². The third-order valence-corrected chi connectivity index (χ3v) is 12.8. The maximum atomic E-state index is 15.1. The molecule has 3 aliphatic rings. The second-order valence-electron chi connectivity index (χ2n) is 14.0. The number of methoxy groups -OCH3 is 1. The summed E-state index contributed by atoms with van der Waals surface area (Å²) in [6.45, 7) is 3.87. The largest absolute Gasteiger partial charge is 0.508 e. The molecule has 0 radical (unpaired) electrons. The minimum absolute atomic E-state index is 0.0288. The van der Waals surface area contributed by atoms with Crippen LogP contribution in [0, 0.1) is 18.3 Å². The van der Waals surface area contributed by atoms with E-state index in [1.807, 2.05) is 31.2 Å². The van der Waals surface area contributed by atoms with E-state index >= 15 is 4.79 Å². The number of allylic oxidation sites excluding steroid dienone is 2. The molecule has 3 aromatic carbocycles. The molecule has 6 aromatic rings. The van der Waals surface area contributed by atoms with E-state index in [1.165, 1.54) is 33.5 Å². The molecule has 1 saturated heterocycles. The van der Waals surface area contributed by atoms with E-state index < -0.39 is 46.5 Å². The highest BCUT2D eigenvalue weighted by molar-refractivity contribution is 7.22. The minimum Gasteiger partial charge on any atom is -0.508 e. The average molecular weight is 749 g/mol. The first-order chi connectivity index (χ1) is 25.4. The van der Waals surface area contributed by atoms with Crippen molar-refractivity contribution in [3.8, 4) is 27.8 Å². The molecule has 0 bridgehead atoms. The monoisotopic (exact) mass is 748 g/mol.